The number of ether oxygens (including phenoxy) is 1. The second kappa shape index (κ2) is 20.2. The number of hydrogen-bond donors (Lipinski definition) is 5. The lowest BCUT2D eigenvalue weighted by atomic mass is 9.87. The third-order valence-electron chi connectivity index (χ3n) is 6.80. The summed E-state index contributed by atoms with van der Waals surface area (Å²) in [5, 5.41) is 50.6. The van der Waals surface area contributed by atoms with Crippen LogP contribution >= 0.6 is 11.6 Å². The highest BCUT2D eigenvalue weighted by Gasteiger charge is 2.31. The summed E-state index contributed by atoms with van der Waals surface area (Å²) in [7, 11) is 0. The number of allylic oxidation sites excluding steroid dienone is 11. The Morgan fingerprint density at radius 2 is 1.52 bits per heavy atom. The Morgan fingerprint density at radius 3 is 2.19 bits per heavy atom. The number of rotatable bonds is 16. The third kappa shape index (κ3) is 15.5. The zero-order valence-electron chi connectivity index (χ0n) is 24.9. The highest BCUT2D eigenvalue weighted by atomic mass is 35.5. The molecule has 0 amide bonds. The lowest BCUT2D eigenvalue weighted by Crippen LogP contribution is -2.42. The quantitative estimate of drug-likeness (QED) is 0.0922. The molecule has 0 bridgehead atoms. The van der Waals surface area contributed by atoms with Crippen LogP contribution in [0.2, 0.25) is 0 Å². The standard InChI is InChI=1S/C33H47ClO8/c1-22(2)12-5-8-16-26(35)21-29(36)32(39)31(38)24(4)28(34)18-9-6-13-23(3)14-7-10-19-30(37)42-27-17-11-15-25(20-27)33(40)41/h5-10,12-14,16,18-19,22,24-27,29,31-32,35-36,38-39H,11,15,17,20-21H2,1-4H3,(H,40,41)/b9-6+,12-5+,14-7+,16-8+,19-10+,23-13+,28-18-/t24-,25+,26+,27+,29-,31-,32-/m1/s1. The Morgan fingerprint density at radius 1 is 0.881 bits per heavy atom. The van der Waals surface area contributed by atoms with Gasteiger partial charge in [-0.2, -0.15) is 0 Å². The largest absolute Gasteiger partial charge is 0.481 e. The van der Waals surface area contributed by atoms with Crippen LogP contribution in [0.1, 0.15) is 59.8 Å². The monoisotopic (exact) mass is 606 g/mol. The molecular formula is C33H47ClO8. The molecule has 1 rings (SSSR count). The smallest absolute Gasteiger partial charge is 0.331 e. The molecule has 42 heavy (non-hydrogen) atoms. The highest BCUT2D eigenvalue weighted by molar-refractivity contribution is 6.30. The zero-order chi connectivity index (χ0) is 31.7. The van der Waals surface area contributed by atoms with Crippen molar-refractivity contribution in [3.63, 3.8) is 0 Å². The van der Waals surface area contributed by atoms with Gasteiger partial charge in [0.25, 0.3) is 0 Å². The first-order valence-electron chi connectivity index (χ1n) is 14.4. The first-order chi connectivity index (χ1) is 19.8. The molecule has 0 aromatic rings. The van der Waals surface area contributed by atoms with Gasteiger partial charge in [-0.1, -0.05) is 98.7 Å². The van der Waals surface area contributed by atoms with Crippen LogP contribution in [-0.2, 0) is 14.3 Å². The minimum atomic E-state index is -1.50. The minimum absolute atomic E-state index is 0.139. The van der Waals surface area contributed by atoms with Gasteiger partial charge in [0.1, 0.15) is 12.2 Å². The van der Waals surface area contributed by atoms with Gasteiger partial charge in [-0.25, -0.2) is 4.79 Å². The van der Waals surface area contributed by atoms with E-state index in [1.54, 1.807) is 55.5 Å². The van der Waals surface area contributed by atoms with E-state index < -0.39 is 48.2 Å². The molecule has 0 spiro atoms. The predicted molar refractivity (Wildman–Crippen MR) is 166 cm³/mol. The van der Waals surface area contributed by atoms with Gasteiger partial charge in [0.05, 0.1) is 24.2 Å². The van der Waals surface area contributed by atoms with Crippen LogP contribution in [0.4, 0.5) is 0 Å². The fourth-order valence-corrected chi connectivity index (χ4v) is 4.42. The molecule has 0 heterocycles. The lowest BCUT2D eigenvalue weighted by molar-refractivity contribution is -0.151. The molecule has 0 radical (unpaired) electrons. The number of hydrogen-bond acceptors (Lipinski definition) is 7. The minimum Gasteiger partial charge on any atom is -0.481 e. The molecule has 0 saturated heterocycles. The molecule has 234 valence electrons. The van der Waals surface area contributed by atoms with Crippen LogP contribution in [0, 0.1) is 17.8 Å². The average Bonchev–Trinajstić information content (AvgIpc) is 2.94. The van der Waals surface area contributed by atoms with Crippen molar-refractivity contribution in [3.8, 4) is 0 Å². The van der Waals surface area contributed by atoms with Crippen LogP contribution in [-0.4, -0.2) is 68.0 Å². The summed E-state index contributed by atoms with van der Waals surface area (Å²) in [4.78, 5) is 23.1. The fourth-order valence-electron chi connectivity index (χ4n) is 4.21. The van der Waals surface area contributed by atoms with E-state index in [1.165, 1.54) is 12.2 Å². The molecule has 1 aliphatic carbocycles. The molecule has 8 nitrogen and oxygen atoms in total. The Bertz CT molecular complexity index is 1050. The number of halogens is 1. The van der Waals surface area contributed by atoms with E-state index in [0.29, 0.717) is 25.2 Å². The Balaban J connectivity index is 2.53. The summed E-state index contributed by atoms with van der Waals surface area (Å²) in [6.45, 7) is 7.54. The Labute approximate surface area is 254 Å². The van der Waals surface area contributed by atoms with E-state index >= 15 is 0 Å². The van der Waals surface area contributed by atoms with Crippen molar-refractivity contribution >= 4 is 23.5 Å². The number of carboxylic acid groups (broad SMARTS) is 1. The van der Waals surface area contributed by atoms with E-state index in [-0.39, 0.29) is 17.6 Å². The molecular weight excluding hydrogens is 560 g/mol. The van der Waals surface area contributed by atoms with Crippen molar-refractivity contribution in [2.75, 3.05) is 0 Å². The molecule has 0 unspecified atom stereocenters. The molecule has 0 aliphatic heterocycles. The maximum Gasteiger partial charge on any atom is 0.331 e. The molecule has 7 atom stereocenters. The molecule has 0 aromatic heterocycles. The van der Waals surface area contributed by atoms with E-state index in [2.05, 4.69) is 0 Å². The molecule has 5 N–H and O–H groups in total. The SMILES string of the molecule is CC(/C=C/C=C/C(=O)O[C@H]1CCC[C@H](C(=O)O)C1)=C\C=C\C=C(/Cl)[C@@H](C)[C@@H](O)[C@H](O)[C@H](O)C[C@@H](O)/C=C/C=C/C(C)C. The van der Waals surface area contributed by atoms with Crippen LogP contribution in [0.15, 0.2) is 83.5 Å². The summed E-state index contributed by atoms with van der Waals surface area (Å²) in [5.41, 5.74) is 0.879. The van der Waals surface area contributed by atoms with Crippen LogP contribution in [0.25, 0.3) is 0 Å². The van der Waals surface area contributed by atoms with Gasteiger partial charge < -0.3 is 30.3 Å². The number of carbonyl (C=O) groups excluding carboxylic acids is 1. The van der Waals surface area contributed by atoms with Gasteiger partial charge in [-0.05, 0) is 44.6 Å². The van der Waals surface area contributed by atoms with Crippen molar-refractivity contribution in [2.24, 2.45) is 17.8 Å². The van der Waals surface area contributed by atoms with E-state index in [0.717, 1.165) is 12.0 Å². The topological polar surface area (TPSA) is 145 Å². The molecule has 1 saturated carbocycles. The summed E-state index contributed by atoms with van der Waals surface area (Å²) in [5.74, 6) is -2.11. The summed E-state index contributed by atoms with van der Waals surface area (Å²) in [6, 6.07) is 0. The fraction of sp³-hybridized carbons (Fsp3) is 0.515. The third-order valence-corrected chi connectivity index (χ3v) is 7.27. The molecule has 9 heteroatoms. The Hall–Kier alpha value is -2.75. The first kappa shape index (κ1) is 37.3. The van der Waals surface area contributed by atoms with Crippen LogP contribution in [0.5, 0.6) is 0 Å². The highest BCUT2D eigenvalue weighted by Crippen LogP contribution is 2.27. The van der Waals surface area contributed by atoms with Crippen molar-refractivity contribution in [3.05, 3.63) is 83.5 Å². The van der Waals surface area contributed by atoms with Crippen molar-refractivity contribution in [1.82, 2.24) is 0 Å². The average molecular weight is 607 g/mol. The summed E-state index contributed by atoms with van der Waals surface area (Å²) >= 11 is 6.30. The Kier molecular flexibility index (Phi) is 17.9. The molecule has 1 aliphatic rings. The summed E-state index contributed by atoms with van der Waals surface area (Å²) < 4.78 is 5.35. The van der Waals surface area contributed by atoms with Crippen molar-refractivity contribution in [2.45, 2.75) is 90.3 Å². The summed E-state index contributed by atoms with van der Waals surface area (Å²) in [6.07, 6.45) is 16.7. The van der Waals surface area contributed by atoms with Gasteiger partial charge in [0.2, 0.25) is 0 Å². The van der Waals surface area contributed by atoms with Crippen LogP contribution in [0.3, 0.4) is 0 Å². The van der Waals surface area contributed by atoms with Gasteiger partial charge in [-0.15, -0.1) is 0 Å². The number of aliphatic hydroxyl groups is 4. The second-order valence-electron chi connectivity index (χ2n) is 11.0. The maximum atomic E-state index is 12.0. The number of esters is 1. The molecule has 0 aromatic carbocycles. The van der Waals surface area contributed by atoms with Crippen molar-refractivity contribution in [1.29, 1.82) is 0 Å². The van der Waals surface area contributed by atoms with Gasteiger partial charge >= 0.3 is 11.9 Å². The number of aliphatic carboxylic acids is 1. The van der Waals surface area contributed by atoms with E-state index in [9.17, 15) is 30.0 Å². The molecule has 1 fully saturated rings. The predicted octanol–water partition coefficient (Wildman–Crippen LogP) is 5.15. The zero-order valence-corrected chi connectivity index (χ0v) is 25.7. The number of carboxylic acids is 1. The number of carbonyl (C=O) groups is 2. The number of aliphatic hydroxyl groups excluding tert-OH is 4. The second-order valence-corrected chi connectivity index (χ2v) is 11.4. The van der Waals surface area contributed by atoms with Gasteiger partial charge in [-0.3, -0.25) is 4.79 Å². The first-order valence-corrected chi connectivity index (χ1v) is 14.8. The van der Waals surface area contributed by atoms with Crippen LogP contribution < -0.4 is 0 Å². The van der Waals surface area contributed by atoms with E-state index in [1.807, 2.05) is 32.9 Å². The van der Waals surface area contributed by atoms with Crippen molar-refractivity contribution < 1.29 is 39.9 Å². The van der Waals surface area contributed by atoms with E-state index in [4.69, 9.17) is 21.4 Å². The maximum absolute atomic E-state index is 12.0. The normalized spacial score (nSPS) is 22.9. The van der Waals surface area contributed by atoms with Gasteiger partial charge in [0, 0.05) is 23.4 Å². The lowest BCUT2D eigenvalue weighted by Gasteiger charge is -2.27. The van der Waals surface area contributed by atoms with Gasteiger partial charge in [0.15, 0.2) is 0 Å².